The summed E-state index contributed by atoms with van der Waals surface area (Å²) in [4.78, 5) is 9.80. The molecule has 0 saturated heterocycles. The summed E-state index contributed by atoms with van der Waals surface area (Å²) in [5.74, 6) is 0. The van der Waals surface area contributed by atoms with E-state index in [0.29, 0.717) is 13.0 Å². The molecule has 0 fully saturated rings. The van der Waals surface area contributed by atoms with E-state index >= 15 is 0 Å². The predicted molar refractivity (Wildman–Crippen MR) is 35.5 cm³/mol. The van der Waals surface area contributed by atoms with Gasteiger partial charge in [-0.15, -0.1) is 0 Å². The van der Waals surface area contributed by atoms with E-state index in [-0.39, 0.29) is 0 Å². The average molecular weight is 128 g/mol. The quantitative estimate of drug-likeness (QED) is 0.524. The van der Waals surface area contributed by atoms with Crippen molar-refractivity contribution in [2.45, 2.75) is 25.3 Å². The minimum Gasteiger partial charge on any atom is -0.321 e. The Morgan fingerprint density at radius 3 is 2.67 bits per heavy atom. The van der Waals surface area contributed by atoms with Crippen molar-refractivity contribution >= 4 is 6.29 Å². The second-order valence-corrected chi connectivity index (χ2v) is 1.97. The molecule has 3 heteroatoms. The van der Waals surface area contributed by atoms with Crippen LogP contribution < -0.4 is 11.5 Å². The van der Waals surface area contributed by atoms with Gasteiger partial charge in [0.2, 0.25) is 6.29 Å². The van der Waals surface area contributed by atoms with Gasteiger partial charge in [0.15, 0.2) is 0 Å². The smallest absolute Gasteiger partial charge is 0.216 e. The van der Waals surface area contributed by atoms with Gasteiger partial charge in [0, 0.05) is 6.54 Å². The Kier molecular flexibility index (Phi) is 5.46. The fourth-order valence-electron chi connectivity index (χ4n) is 0.548. The van der Waals surface area contributed by atoms with Gasteiger partial charge < -0.3 is 5.73 Å². The van der Waals surface area contributed by atoms with Gasteiger partial charge in [-0.25, -0.2) is 0 Å². The Bertz CT molecular complexity index is 75.5. The number of nitrogens with one attached hydrogen (secondary N) is 1. The summed E-state index contributed by atoms with van der Waals surface area (Å²) in [7, 11) is 0. The molecule has 0 unspecified atom stereocenters. The molecule has 3 N–H and O–H groups in total. The number of unbranched alkanes of at least 4 members (excludes halogenated alkanes) is 1. The second kappa shape index (κ2) is 5.72. The topological polar surface area (TPSA) is 66.9 Å². The summed E-state index contributed by atoms with van der Waals surface area (Å²) >= 11 is 0. The molecule has 2 radical (unpaired) electrons. The number of carbonyl (C=O) groups excluding carboxylic acids is 1. The highest BCUT2D eigenvalue weighted by Crippen LogP contribution is 1.94. The van der Waals surface area contributed by atoms with Crippen LogP contribution in [0, 0.1) is 0 Å². The number of hydrogen-bond acceptors (Lipinski definition) is 2. The molecule has 0 heterocycles. The third-order valence-corrected chi connectivity index (χ3v) is 1.09. The second-order valence-electron chi connectivity index (χ2n) is 1.97. The zero-order chi connectivity index (χ0) is 7.11. The molecule has 0 aromatic heterocycles. The molecule has 0 aromatic rings. The predicted octanol–water partition coefficient (Wildman–Crippen LogP) is -0.123. The highest BCUT2D eigenvalue weighted by atomic mass is 16.1. The van der Waals surface area contributed by atoms with E-state index in [1.165, 1.54) is 0 Å². The third kappa shape index (κ3) is 5.46. The van der Waals surface area contributed by atoms with Crippen molar-refractivity contribution in [3.8, 4) is 0 Å². The summed E-state index contributed by atoms with van der Waals surface area (Å²) in [5, 5.41) is 0. The van der Waals surface area contributed by atoms with Gasteiger partial charge in [0.1, 0.15) is 0 Å². The van der Waals surface area contributed by atoms with Crippen LogP contribution in [-0.4, -0.2) is 18.9 Å². The van der Waals surface area contributed by atoms with Gasteiger partial charge in [-0.05, 0) is 12.8 Å². The first kappa shape index (κ1) is 8.59. The van der Waals surface area contributed by atoms with E-state index in [9.17, 15) is 4.79 Å². The molecule has 0 rings (SSSR count). The molecule has 0 aliphatic heterocycles. The molecule has 9 heavy (non-hydrogen) atoms. The SMILES string of the molecule is [NH]CCCC[C@H](N)[C]=O. The van der Waals surface area contributed by atoms with Crippen LogP contribution in [0.4, 0.5) is 0 Å². The summed E-state index contributed by atoms with van der Waals surface area (Å²) < 4.78 is 0. The molecule has 0 bridgehead atoms. The van der Waals surface area contributed by atoms with Gasteiger partial charge in [-0.2, -0.15) is 0 Å². The normalized spacial score (nSPS) is 13.1. The van der Waals surface area contributed by atoms with Gasteiger partial charge in [0.05, 0.1) is 6.04 Å². The first-order chi connectivity index (χ1) is 4.31. The lowest BCUT2D eigenvalue weighted by molar-refractivity contribution is 0.529. The fourth-order valence-corrected chi connectivity index (χ4v) is 0.548. The zero-order valence-corrected chi connectivity index (χ0v) is 5.39. The number of rotatable bonds is 5. The Balaban J connectivity index is 2.96. The highest BCUT2D eigenvalue weighted by Gasteiger charge is 1.98. The van der Waals surface area contributed by atoms with Crippen LogP contribution in [-0.2, 0) is 4.79 Å². The highest BCUT2D eigenvalue weighted by molar-refractivity contribution is 5.57. The molecule has 0 saturated carbocycles. The van der Waals surface area contributed by atoms with Crippen LogP contribution in [0.2, 0.25) is 0 Å². The molecule has 0 spiro atoms. The molecule has 52 valence electrons. The van der Waals surface area contributed by atoms with Gasteiger partial charge in [0.25, 0.3) is 0 Å². The Labute approximate surface area is 55.4 Å². The molecule has 3 nitrogen and oxygen atoms in total. The maximum atomic E-state index is 9.80. The van der Waals surface area contributed by atoms with Crippen molar-refractivity contribution in [1.82, 2.24) is 5.73 Å². The summed E-state index contributed by atoms with van der Waals surface area (Å²) in [6, 6.07) is -0.434. The summed E-state index contributed by atoms with van der Waals surface area (Å²) in [6.07, 6.45) is 4.05. The van der Waals surface area contributed by atoms with E-state index in [1.54, 1.807) is 6.29 Å². The zero-order valence-electron chi connectivity index (χ0n) is 5.39. The lowest BCUT2D eigenvalue weighted by atomic mass is 10.1. The van der Waals surface area contributed by atoms with Gasteiger partial charge >= 0.3 is 0 Å². The molecule has 0 aromatic carbocycles. The Morgan fingerprint density at radius 1 is 1.56 bits per heavy atom. The molecular weight excluding hydrogens is 116 g/mol. The minimum atomic E-state index is -0.434. The number of hydrogen-bond donors (Lipinski definition) is 1. The Hall–Kier alpha value is -0.410. The molecular formula is C6H12N2O. The first-order valence-electron chi connectivity index (χ1n) is 3.09. The average Bonchev–Trinajstić information content (AvgIpc) is 1.89. The first-order valence-corrected chi connectivity index (χ1v) is 3.09. The van der Waals surface area contributed by atoms with E-state index in [1.807, 2.05) is 0 Å². The summed E-state index contributed by atoms with van der Waals surface area (Å²) in [6.45, 7) is 0.422. The van der Waals surface area contributed by atoms with Gasteiger partial charge in [-0.3, -0.25) is 10.5 Å². The Morgan fingerprint density at radius 2 is 2.22 bits per heavy atom. The van der Waals surface area contributed by atoms with Crippen molar-refractivity contribution < 1.29 is 4.79 Å². The van der Waals surface area contributed by atoms with E-state index in [2.05, 4.69) is 0 Å². The van der Waals surface area contributed by atoms with Crippen molar-refractivity contribution in [2.24, 2.45) is 5.73 Å². The van der Waals surface area contributed by atoms with Crippen molar-refractivity contribution in [3.05, 3.63) is 0 Å². The molecule has 0 aliphatic rings. The van der Waals surface area contributed by atoms with Crippen molar-refractivity contribution in [2.75, 3.05) is 6.54 Å². The van der Waals surface area contributed by atoms with Crippen LogP contribution in [0.15, 0.2) is 0 Å². The standard InChI is InChI=1S/C6H12N2O/c7-4-2-1-3-6(8)5-9/h6-7H,1-4,8H2/t6-/m0/s1. The maximum Gasteiger partial charge on any atom is 0.216 e. The van der Waals surface area contributed by atoms with Gasteiger partial charge in [-0.1, -0.05) is 6.42 Å². The fraction of sp³-hybridized carbons (Fsp3) is 0.833. The number of nitrogens with two attached hydrogens (primary N) is 1. The van der Waals surface area contributed by atoms with Crippen molar-refractivity contribution in [3.63, 3.8) is 0 Å². The molecule has 0 amide bonds. The molecule has 0 aliphatic carbocycles. The largest absolute Gasteiger partial charge is 0.321 e. The minimum absolute atomic E-state index is 0.422. The maximum absolute atomic E-state index is 9.80. The van der Waals surface area contributed by atoms with Crippen molar-refractivity contribution in [1.29, 1.82) is 0 Å². The van der Waals surface area contributed by atoms with Crippen LogP contribution in [0.1, 0.15) is 19.3 Å². The van der Waals surface area contributed by atoms with Crippen LogP contribution in [0.5, 0.6) is 0 Å². The van der Waals surface area contributed by atoms with E-state index in [4.69, 9.17) is 11.5 Å². The molecule has 1 atom stereocenters. The van der Waals surface area contributed by atoms with Crippen LogP contribution >= 0.6 is 0 Å². The summed E-state index contributed by atoms with van der Waals surface area (Å²) in [5.41, 5.74) is 12.0. The van der Waals surface area contributed by atoms with Crippen LogP contribution in [0.25, 0.3) is 0 Å². The lowest BCUT2D eigenvalue weighted by Crippen LogP contribution is -2.20. The monoisotopic (exact) mass is 128 g/mol. The van der Waals surface area contributed by atoms with Crippen LogP contribution in [0.3, 0.4) is 0 Å². The third-order valence-electron chi connectivity index (χ3n) is 1.09. The van der Waals surface area contributed by atoms with E-state index < -0.39 is 6.04 Å². The lowest BCUT2D eigenvalue weighted by Gasteiger charge is -1.99. The van der Waals surface area contributed by atoms with E-state index in [0.717, 1.165) is 12.8 Å².